The second-order valence-corrected chi connectivity index (χ2v) is 6.11. The fraction of sp³-hybridized carbons (Fsp3) is 0.500. The first kappa shape index (κ1) is 15.6. The Morgan fingerprint density at radius 2 is 2.29 bits per heavy atom. The zero-order valence-electron chi connectivity index (χ0n) is 12.7. The van der Waals surface area contributed by atoms with Crippen LogP contribution in [0.5, 0.6) is 0 Å². The molecular weight excluding hydrogens is 288 g/mol. The van der Waals surface area contributed by atoms with E-state index in [1.165, 1.54) is 11.8 Å². The Bertz CT molecular complexity index is 620. The summed E-state index contributed by atoms with van der Waals surface area (Å²) in [5, 5.41) is 11.7. The van der Waals surface area contributed by atoms with Gasteiger partial charge in [-0.2, -0.15) is 0 Å². The summed E-state index contributed by atoms with van der Waals surface area (Å²) < 4.78 is 7.18. The Hall–Kier alpha value is -1.76. The minimum Gasteiger partial charge on any atom is -0.469 e. The molecule has 0 aliphatic rings. The molecule has 1 amide bonds. The Balaban J connectivity index is 2.11. The van der Waals surface area contributed by atoms with Crippen LogP contribution in [0.3, 0.4) is 0 Å². The highest BCUT2D eigenvalue weighted by atomic mass is 32.2. The average molecular weight is 308 g/mol. The van der Waals surface area contributed by atoms with Gasteiger partial charge in [-0.15, -0.1) is 10.2 Å². The first-order chi connectivity index (χ1) is 10.0. The molecule has 2 aromatic heterocycles. The smallest absolute Gasteiger partial charge is 0.233 e. The molecule has 1 N–H and O–H groups in total. The van der Waals surface area contributed by atoms with Gasteiger partial charge in [-0.1, -0.05) is 18.7 Å². The lowest BCUT2D eigenvalue weighted by Crippen LogP contribution is -2.31. The summed E-state index contributed by atoms with van der Waals surface area (Å²) in [6, 6.07) is 1.87. The van der Waals surface area contributed by atoms with Crippen LogP contribution < -0.4 is 5.32 Å². The van der Waals surface area contributed by atoms with Crippen LogP contribution in [-0.2, 0) is 11.8 Å². The SMILES string of the molecule is CCCNC(=O)C(C)Sc1nnc(-c2ccoc2C)n1C. The molecule has 7 heteroatoms. The lowest BCUT2D eigenvalue weighted by molar-refractivity contribution is -0.120. The number of aryl methyl sites for hydroxylation is 1. The number of nitrogens with one attached hydrogen (secondary N) is 1. The van der Waals surface area contributed by atoms with Crippen LogP contribution in [-0.4, -0.2) is 32.5 Å². The van der Waals surface area contributed by atoms with Crippen molar-refractivity contribution in [2.24, 2.45) is 7.05 Å². The van der Waals surface area contributed by atoms with Gasteiger partial charge in [0.25, 0.3) is 0 Å². The van der Waals surface area contributed by atoms with E-state index in [1.807, 2.05) is 38.5 Å². The number of carbonyl (C=O) groups excluding carboxylic acids is 1. The fourth-order valence-corrected chi connectivity index (χ4v) is 2.71. The fourth-order valence-electron chi connectivity index (χ4n) is 1.87. The van der Waals surface area contributed by atoms with E-state index in [-0.39, 0.29) is 11.2 Å². The van der Waals surface area contributed by atoms with Crippen LogP contribution in [0, 0.1) is 6.92 Å². The molecule has 0 aromatic carbocycles. The van der Waals surface area contributed by atoms with Gasteiger partial charge in [-0.3, -0.25) is 4.79 Å². The number of carbonyl (C=O) groups is 1. The minimum atomic E-state index is -0.210. The zero-order valence-corrected chi connectivity index (χ0v) is 13.5. The molecule has 0 radical (unpaired) electrons. The molecule has 0 aliphatic heterocycles. The van der Waals surface area contributed by atoms with Gasteiger partial charge in [-0.25, -0.2) is 0 Å². The molecule has 0 saturated heterocycles. The monoisotopic (exact) mass is 308 g/mol. The summed E-state index contributed by atoms with van der Waals surface area (Å²) in [4.78, 5) is 11.9. The average Bonchev–Trinajstić information content (AvgIpc) is 3.03. The first-order valence-corrected chi connectivity index (χ1v) is 7.80. The Labute approximate surface area is 128 Å². The maximum atomic E-state index is 11.9. The summed E-state index contributed by atoms with van der Waals surface area (Å²) in [5.74, 6) is 1.56. The summed E-state index contributed by atoms with van der Waals surface area (Å²) in [7, 11) is 1.89. The summed E-state index contributed by atoms with van der Waals surface area (Å²) >= 11 is 1.40. The molecule has 2 heterocycles. The van der Waals surface area contributed by atoms with E-state index in [2.05, 4.69) is 15.5 Å². The summed E-state index contributed by atoms with van der Waals surface area (Å²) in [6.45, 7) is 6.48. The van der Waals surface area contributed by atoms with Crippen LogP contribution in [0.1, 0.15) is 26.0 Å². The summed E-state index contributed by atoms with van der Waals surface area (Å²) in [6.07, 6.45) is 2.56. The quantitative estimate of drug-likeness (QED) is 0.830. The number of nitrogens with zero attached hydrogens (tertiary/aromatic N) is 3. The third-order valence-electron chi connectivity index (χ3n) is 3.14. The van der Waals surface area contributed by atoms with E-state index in [1.54, 1.807) is 6.26 Å². The Kier molecular flexibility index (Phi) is 5.06. The second-order valence-electron chi connectivity index (χ2n) is 4.81. The van der Waals surface area contributed by atoms with Crippen molar-refractivity contribution >= 4 is 17.7 Å². The molecular formula is C14H20N4O2S. The first-order valence-electron chi connectivity index (χ1n) is 6.92. The highest BCUT2D eigenvalue weighted by Gasteiger charge is 2.20. The highest BCUT2D eigenvalue weighted by molar-refractivity contribution is 8.00. The topological polar surface area (TPSA) is 73.0 Å². The standard InChI is InChI=1S/C14H20N4O2S/c1-5-7-15-13(19)10(3)21-14-17-16-12(18(14)4)11-6-8-20-9(11)2/h6,8,10H,5,7H2,1-4H3,(H,15,19). The van der Waals surface area contributed by atoms with Gasteiger partial charge in [0.05, 0.1) is 17.1 Å². The normalized spacial score (nSPS) is 12.4. The maximum absolute atomic E-state index is 11.9. The van der Waals surface area contributed by atoms with Crippen LogP contribution >= 0.6 is 11.8 Å². The summed E-state index contributed by atoms with van der Waals surface area (Å²) in [5.41, 5.74) is 0.917. The van der Waals surface area contributed by atoms with Crippen molar-refractivity contribution in [1.82, 2.24) is 20.1 Å². The van der Waals surface area contributed by atoms with E-state index < -0.39 is 0 Å². The second kappa shape index (κ2) is 6.80. The molecule has 0 fully saturated rings. The number of thioether (sulfide) groups is 1. The molecule has 21 heavy (non-hydrogen) atoms. The van der Waals surface area contributed by atoms with E-state index in [0.717, 1.165) is 23.6 Å². The minimum absolute atomic E-state index is 0.0193. The molecule has 114 valence electrons. The van der Waals surface area contributed by atoms with Crippen LogP contribution in [0.4, 0.5) is 0 Å². The van der Waals surface area contributed by atoms with E-state index in [0.29, 0.717) is 11.7 Å². The molecule has 1 unspecified atom stereocenters. The van der Waals surface area contributed by atoms with Crippen LogP contribution in [0.2, 0.25) is 0 Å². The van der Waals surface area contributed by atoms with Crippen LogP contribution in [0.15, 0.2) is 21.9 Å². The zero-order chi connectivity index (χ0) is 15.4. The lowest BCUT2D eigenvalue weighted by Gasteiger charge is -2.10. The third-order valence-corrected chi connectivity index (χ3v) is 4.27. The van der Waals surface area contributed by atoms with Crippen molar-refractivity contribution in [3.8, 4) is 11.4 Å². The number of amides is 1. The number of hydrogen-bond acceptors (Lipinski definition) is 5. The largest absolute Gasteiger partial charge is 0.469 e. The number of furan rings is 1. The van der Waals surface area contributed by atoms with Crippen molar-refractivity contribution in [3.63, 3.8) is 0 Å². The molecule has 0 aliphatic carbocycles. The van der Waals surface area contributed by atoms with E-state index in [4.69, 9.17) is 4.42 Å². The Morgan fingerprint density at radius 1 is 1.52 bits per heavy atom. The van der Waals surface area contributed by atoms with Crippen LogP contribution in [0.25, 0.3) is 11.4 Å². The number of hydrogen-bond donors (Lipinski definition) is 1. The van der Waals surface area contributed by atoms with E-state index >= 15 is 0 Å². The van der Waals surface area contributed by atoms with Crippen molar-refractivity contribution in [3.05, 3.63) is 18.1 Å². The molecule has 2 rings (SSSR count). The van der Waals surface area contributed by atoms with Crippen molar-refractivity contribution in [2.45, 2.75) is 37.6 Å². The molecule has 0 spiro atoms. The van der Waals surface area contributed by atoms with Gasteiger partial charge < -0.3 is 14.3 Å². The highest BCUT2D eigenvalue weighted by Crippen LogP contribution is 2.27. The van der Waals surface area contributed by atoms with Gasteiger partial charge in [0, 0.05) is 13.6 Å². The van der Waals surface area contributed by atoms with Gasteiger partial charge in [0.15, 0.2) is 11.0 Å². The molecule has 0 bridgehead atoms. The van der Waals surface area contributed by atoms with Crippen molar-refractivity contribution < 1.29 is 9.21 Å². The van der Waals surface area contributed by atoms with Crippen molar-refractivity contribution in [1.29, 1.82) is 0 Å². The molecule has 1 atom stereocenters. The van der Waals surface area contributed by atoms with E-state index in [9.17, 15) is 4.79 Å². The molecule has 6 nitrogen and oxygen atoms in total. The number of aromatic nitrogens is 3. The third kappa shape index (κ3) is 3.47. The van der Waals surface area contributed by atoms with Gasteiger partial charge >= 0.3 is 0 Å². The molecule has 2 aromatic rings. The molecule has 0 saturated carbocycles. The predicted octanol–water partition coefficient (Wildman–Crippen LogP) is 2.39. The van der Waals surface area contributed by atoms with Crippen molar-refractivity contribution in [2.75, 3.05) is 6.54 Å². The van der Waals surface area contributed by atoms with Gasteiger partial charge in [-0.05, 0) is 26.3 Å². The van der Waals surface area contributed by atoms with Gasteiger partial charge in [0.1, 0.15) is 5.76 Å². The lowest BCUT2D eigenvalue weighted by atomic mass is 10.2. The maximum Gasteiger partial charge on any atom is 0.233 e. The Morgan fingerprint density at radius 3 is 2.90 bits per heavy atom. The predicted molar refractivity (Wildman–Crippen MR) is 82.1 cm³/mol. The van der Waals surface area contributed by atoms with Gasteiger partial charge in [0.2, 0.25) is 5.91 Å². The number of rotatable bonds is 6.